The first-order chi connectivity index (χ1) is 13.8. The van der Waals surface area contributed by atoms with Gasteiger partial charge in [0.1, 0.15) is 5.75 Å². The fraction of sp³-hybridized carbons (Fsp3) is 0.333. The van der Waals surface area contributed by atoms with E-state index in [0.29, 0.717) is 6.61 Å². The largest absolute Gasteiger partial charge is 0.449 e. The first-order valence-electron chi connectivity index (χ1n) is 9.02. The zero-order valence-electron chi connectivity index (χ0n) is 16.4. The third kappa shape index (κ3) is 7.15. The van der Waals surface area contributed by atoms with Crippen molar-refractivity contribution in [3.05, 3.63) is 59.7 Å². The van der Waals surface area contributed by atoms with Crippen molar-refractivity contribution in [2.24, 2.45) is 0 Å². The summed E-state index contributed by atoms with van der Waals surface area (Å²) in [5.74, 6) is -1.54. The lowest BCUT2D eigenvalue weighted by molar-refractivity contribution is -0.123. The third-order valence-corrected chi connectivity index (χ3v) is 3.79. The van der Waals surface area contributed by atoms with Gasteiger partial charge in [0.25, 0.3) is 5.91 Å². The Morgan fingerprint density at radius 1 is 1.00 bits per heavy atom. The number of para-hydroxylation sites is 2. The van der Waals surface area contributed by atoms with Gasteiger partial charge in [-0.1, -0.05) is 24.3 Å². The summed E-state index contributed by atoms with van der Waals surface area (Å²) in [6.07, 6.45) is -1.05. The number of carbonyl (C=O) groups excluding carboxylic acids is 2. The molecule has 8 heteroatoms. The van der Waals surface area contributed by atoms with Gasteiger partial charge in [0.2, 0.25) is 0 Å². The first-order valence-corrected chi connectivity index (χ1v) is 9.02. The highest BCUT2D eigenvalue weighted by atomic mass is 19.3. The summed E-state index contributed by atoms with van der Waals surface area (Å²) < 4.78 is 39.9. The highest BCUT2D eigenvalue weighted by Gasteiger charge is 2.21. The van der Waals surface area contributed by atoms with Crippen molar-refractivity contribution in [2.75, 3.05) is 5.32 Å². The van der Waals surface area contributed by atoms with Crippen molar-refractivity contribution in [3.8, 4) is 5.75 Å². The van der Waals surface area contributed by atoms with E-state index in [9.17, 15) is 18.4 Å². The van der Waals surface area contributed by atoms with Gasteiger partial charge < -0.3 is 19.5 Å². The van der Waals surface area contributed by atoms with Crippen molar-refractivity contribution >= 4 is 17.6 Å². The average Bonchev–Trinajstić information content (AvgIpc) is 2.67. The average molecular weight is 407 g/mol. The van der Waals surface area contributed by atoms with Crippen LogP contribution in [0.15, 0.2) is 48.5 Å². The van der Waals surface area contributed by atoms with E-state index >= 15 is 0 Å². The molecule has 1 amide bonds. The Bertz CT molecular complexity index is 824. The van der Waals surface area contributed by atoms with Crippen molar-refractivity contribution < 1.29 is 32.6 Å². The van der Waals surface area contributed by atoms with Gasteiger partial charge in [0.05, 0.1) is 24.0 Å². The van der Waals surface area contributed by atoms with E-state index in [1.54, 1.807) is 30.3 Å². The predicted molar refractivity (Wildman–Crippen MR) is 103 cm³/mol. The molecule has 0 saturated carbocycles. The van der Waals surface area contributed by atoms with Gasteiger partial charge in [-0.15, -0.1) is 0 Å². The molecule has 0 fully saturated rings. The fourth-order valence-corrected chi connectivity index (χ4v) is 2.29. The number of anilines is 1. The number of esters is 1. The number of ether oxygens (including phenoxy) is 3. The molecule has 1 N–H and O–H groups in total. The van der Waals surface area contributed by atoms with Crippen LogP contribution in [0.25, 0.3) is 0 Å². The molecule has 0 saturated heterocycles. The van der Waals surface area contributed by atoms with Crippen LogP contribution in [0.5, 0.6) is 5.75 Å². The summed E-state index contributed by atoms with van der Waals surface area (Å²) in [6.45, 7) is 2.63. The minimum Gasteiger partial charge on any atom is -0.449 e. The minimum absolute atomic E-state index is 0.0511. The smallest absolute Gasteiger partial charge is 0.387 e. The highest BCUT2D eigenvalue weighted by Crippen LogP contribution is 2.25. The summed E-state index contributed by atoms with van der Waals surface area (Å²) in [5, 5.41) is 2.42. The molecule has 2 rings (SSSR count). The van der Waals surface area contributed by atoms with Crippen LogP contribution in [0, 0.1) is 0 Å². The lowest BCUT2D eigenvalue weighted by Crippen LogP contribution is -2.30. The minimum atomic E-state index is -3.03. The molecule has 0 spiro atoms. The Kier molecular flexibility index (Phi) is 8.09. The van der Waals surface area contributed by atoms with Gasteiger partial charge in [0.15, 0.2) is 6.10 Å². The maximum absolute atomic E-state index is 12.5. The zero-order chi connectivity index (χ0) is 21.4. The Balaban J connectivity index is 1.95. The van der Waals surface area contributed by atoms with Crippen molar-refractivity contribution in [1.29, 1.82) is 0 Å². The molecule has 0 radical (unpaired) electrons. The quantitative estimate of drug-likeness (QED) is 0.624. The molecule has 0 aliphatic rings. The van der Waals surface area contributed by atoms with Crippen molar-refractivity contribution in [2.45, 2.75) is 46.2 Å². The maximum atomic E-state index is 12.5. The molecular formula is C21H23F2NO5. The van der Waals surface area contributed by atoms with Crippen LogP contribution >= 0.6 is 0 Å². The molecule has 29 heavy (non-hydrogen) atoms. The number of nitrogens with one attached hydrogen (secondary N) is 1. The Morgan fingerprint density at radius 3 is 2.28 bits per heavy atom. The van der Waals surface area contributed by atoms with Gasteiger partial charge in [-0.05, 0) is 50.6 Å². The molecule has 0 aromatic heterocycles. The molecule has 0 aliphatic heterocycles. The number of benzene rings is 2. The van der Waals surface area contributed by atoms with Gasteiger partial charge in [-0.2, -0.15) is 8.78 Å². The molecule has 6 nitrogen and oxygen atoms in total. The van der Waals surface area contributed by atoms with Gasteiger partial charge in [-0.3, -0.25) is 4.79 Å². The summed E-state index contributed by atoms with van der Waals surface area (Å²) >= 11 is 0. The maximum Gasteiger partial charge on any atom is 0.387 e. The fourth-order valence-electron chi connectivity index (χ4n) is 2.29. The molecule has 0 bridgehead atoms. The van der Waals surface area contributed by atoms with Crippen LogP contribution in [-0.4, -0.2) is 30.7 Å². The third-order valence-electron chi connectivity index (χ3n) is 3.79. The molecule has 2 aromatic carbocycles. The second-order valence-corrected chi connectivity index (χ2v) is 6.47. The number of carbonyl (C=O) groups is 2. The van der Waals surface area contributed by atoms with Crippen molar-refractivity contribution in [3.63, 3.8) is 0 Å². The number of hydrogen-bond acceptors (Lipinski definition) is 5. The second kappa shape index (κ2) is 10.5. The van der Waals surface area contributed by atoms with Gasteiger partial charge >= 0.3 is 12.6 Å². The SMILES string of the molecule is CC(C)OCc1ccc(C(=O)O[C@@H](C)C(=O)Nc2ccccc2OC(F)F)cc1. The Hall–Kier alpha value is -3.00. The number of rotatable bonds is 9. The van der Waals surface area contributed by atoms with E-state index in [2.05, 4.69) is 10.1 Å². The summed E-state index contributed by atoms with van der Waals surface area (Å²) in [4.78, 5) is 24.5. The van der Waals surface area contributed by atoms with E-state index < -0.39 is 24.6 Å². The highest BCUT2D eigenvalue weighted by molar-refractivity contribution is 5.98. The van der Waals surface area contributed by atoms with Gasteiger partial charge in [-0.25, -0.2) is 4.79 Å². The molecular weight excluding hydrogens is 384 g/mol. The first kappa shape index (κ1) is 22.3. The lowest BCUT2D eigenvalue weighted by atomic mass is 10.1. The van der Waals surface area contributed by atoms with Gasteiger partial charge in [0, 0.05) is 0 Å². The lowest BCUT2D eigenvalue weighted by Gasteiger charge is -2.16. The summed E-state index contributed by atoms with van der Waals surface area (Å²) in [6, 6.07) is 12.4. The number of hydrogen-bond donors (Lipinski definition) is 1. The molecule has 156 valence electrons. The predicted octanol–water partition coefficient (Wildman–Crippen LogP) is 4.40. The second-order valence-electron chi connectivity index (χ2n) is 6.47. The Labute approximate surface area is 167 Å². The van der Waals surface area contributed by atoms with E-state index in [4.69, 9.17) is 9.47 Å². The van der Waals surface area contributed by atoms with E-state index in [1.807, 2.05) is 13.8 Å². The van der Waals surface area contributed by atoms with Crippen LogP contribution in [0.4, 0.5) is 14.5 Å². The van der Waals surface area contributed by atoms with Crippen LogP contribution in [-0.2, 0) is 20.9 Å². The summed E-state index contributed by atoms with van der Waals surface area (Å²) in [7, 11) is 0. The standard InChI is InChI=1S/C21H23F2NO5/c1-13(2)27-12-15-8-10-16(11-9-15)20(26)28-14(3)19(25)24-17-6-4-5-7-18(17)29-21(22)23/h4-11,13-14,21H,12H2,1-3H3,(H,24,25)/t14-/m0/s1. The van der Waals surface area contributed by atoms with Crippen LogP contribution in [0.3, 0.4) is 0 Å². The van der Waals surface area contributed by atoms with Crippen LogP contribution in [0.1, 0.15) is 36.7 Å². The molecule has 2 aromatic rings. The zero-order valence-corrected chi connectivity index (χ0v) is 16.4. The molecule has 0 unspecified atom stereocenters. The molecule has 0 heterocycles. The van der Waals surface area contributed by atoms with E-state index in [-0.39, 0.29) is 23.1 Å². The van der Waals surface area contributed by atoms with Crippen molar-refractivity contribution in [1.82, 2.24) is 0 Å². The Morgan fingerprint density at radius 2 is 1.66 bits per heavy atom. The molecule has 0 aliphatic carbocycles. The van der Waals surface area contributed by atoms with Crippen LogP contribution < -0.4 is 10.1 Å². The number of amides is 1. The topological polar surface area (TPSA) is 73.9 Å². The number of halogens is 2. The van der Waals surface area contributed by atoms with Crippen LogP contribution in [0.2, 0.25) is 0 Å². The summed E-state index contributed by atoms with van der Waals surface area (Å²) in [5.41, 5.74) is 1.23. The normalized spacial score (nSPS) is 12.0. The van der Waals surface area contributed by atoms with E-state index in [1.165, 1.54) is 25.1 Å². The number of alkyl halides is 2. The van der Waals surface area contributed by atoms with E-state index in [0.717, 1.165) is 5.56 Å². The molecule has 1 atom stereocenters. The monoisotopic (exact) mass is 407 g/mol.